The minimum atomic E-state index is 0.585. The lowest BCUT2D eigenvalue weighted by atomic mass is 9.97. The first kappa shape index (κ1) is 15.3. The van der Waals surface area contributed by atoms with E-state index in [0.717, 1.165) is 25.4 Å². The lowest BCUT2D eigenvalue weighted by Gasteiger charge is -2.31. The van der Waals surface area contributed by atoms with Gasteiger partial charge in [0.05, 0.1) is 6.61 Å². The zero-order chi connectivity index (χ0) is 11.8. The maximum Gasteiger partial charge on any atom is 0.0589 e. The first-order valence-electron chi connectivity index (χ1n) is 5.86. The van der Waals surface area contributed by atoms with Gasteiger partial charge in [0.2, 0.25) is 0 Å². The van der Waals surface area contributed by atoms with Crippen LogP contribution in [0.3, 0.4) is 0 Å². The first-order valence-corrected chi connectivity index (χ1v) is 6.50. The molecule has 0 aromatic carbocycles. The van der Waals surface area contributed by atoms with Gasteiger partial charge in [-0.2, -0.15) is 12.6 Å². The molecule has 0 aliphatic rings. The van der Waals surface area contributed by atoms with Gasteiger partial charge in [0.25, 0.3) is 0 Å². The fourth-order valence-corrected chi connectivity index (χ4v) is 2.09. The van der Waals surface area contributed by atoms with Crippen molar-refractivity contribution in [2.24, 2.45) is 11.8 Å². The molecule has 0 radical (unpaired) electrons. The lowest BCUT2D eigenvalue weighted by Crippen LogP contribution is -2.39. The van der Waals surface area contributed by atoms with Crippen molar-refractivity contribution < 1.29 is 4.74 Å². The highest BCUT2D eigenvalue weighted by Crippen LogP contribution is 2.15. The van der Waals surface area contributed by atoms with Crippen LogP contribution in [0.1, 0.15) is 27.7 Å². The summed E-state index contributed by atoms with van der Waals surface area (Å²) in [7, 11) is 1.76. The van der Waals surface area contributed by atoms with Crippen molar-refractivity contribution in [1.82, 2.24) is 4.90 Å². The summed E-state index contributed by atoms with van der Waals surface area (Å²) in [6.45, 7) is 12.0. The summed E-state index contributed by atoms with van der Waals surface area (Å²) in [4.78, 5) is 2.48. The third-order valence-electron chi connectivity index (χ3n) is 2.96. The molecule has 2 nitrogen and oxygen atoms in total. The fraction of sp³-hybridized carbons (Fsp3) is 1.00. The van der Waals surface area contributed by atoms with Crippen LogP contribution in [0, 0.1) is 11.8 Å². The normalized spacial score (nSPS) is 14.2. The van der Waals surface area contributed by atoms with Crippen molar-refractivity contribution in [3.63, 3.8) is 0 Å². The van der Waals surface area contributed by atoms with E-state index in [-0.39, 0.29) is 0 Å². The van der Waals surface area contributed by atoms with Crippen molar-refractivity contribution in [2.75, 3.05) is 32.6 Å². The summed E-state index contributed by atoms with van der Waals surface area (Å²) in [6, 6.07) is 0.585. The molecule has 92 valence electrons. The number of nitrogens with zero attached hydrogens (tertiary/aromatic N) is 1. The van der Waals surface area contributed by atoms with E-state index in [0.29, 0.717) is 17.9 Å². The molecule has 3 heteroatoms. The molecule has 0 N–H and O–H groups in total. The molecule has 0 aliphatic carbocycles. The van der Waals surface area contributed by atoms with Crippen molar-refractivity contribution in [3.8, 4) is 0 Å². The van der Waals surface area contributed by atoms with E-state index < -0.39 is 0 Å². The number of ether oxygens (including phenoxy) is 1. The Morgan fingerprint density at radius 2 is 1.80 bits per heavy atom. The van der Waals surface area contributed by atoms with E-state index in [1.54, 1.807) is 7.11 Å². The Labute approximate surface area is 101 Å². The average molecular weight is 233 g/mol. The molecule has 0 fully saturated rings. The van der Waals surface area contributed by atoms with E-state index in [1.807, 2.05) is 0 Å². The maximum atomic E-state index is 5.14. The largest absolute Gasteiger partial charge is 0.383 e. The fourth-order valence-electron chi connectivity index (χ4n) is 1.55. The number of hydrogen-bond donors (Lipinski definition) is 1. The van der Waals surface area contributed by atoms with Crippen LogP contribution in [0.25, 0.3) is 0 Å². The molecule has 0 amide bonds. The van der Waals surface area contributed by atoms with E-state index in [1.165, 1.54) is 0 Å². The van der Waals surface area contributed by atoms with E-state index >= 15 is 0 Å². The number of hydrogen-bond acceptors (Lipinski definition) is 3. The van der Waals surface area contributed by atoms with Crippen molar-refractivity contribution in [1.29, 1.82) is 0 Å². The number of methoxy groups -OCH3 is 1. The highest BCUT2D eigenvalue weighted by atomic mass is 32.1. The van der Waals surface area contributed by atoms with Crippen molar-refractivity contribution >= 4 is 12.6 Å². The van der Waals surface area contributed by atoms with Gasteiger partial charge in [-0.3, -0.25) is 4.90 Å². The molecular weight excluding hydrogens is 206 g/mol. The molecule has 0 saturated heterocycles. The number of rotatable bonds is 8. The molecular formula is C12H27NOS. The molecule has 0 spiro atoms. The summed E-state index contributed by atoms with van der Waals surface area (Å²) in [6.07, 6.45) is 0. The smallest absolute Gasteiger partial charge is 0.0589 e. The van der Waals surface area contributed by atoms with Crippen LogP contribution >= 0.6 is 12.6 Å². The quantitative estimate of drug-likeness (QED) is 0.647. The Morgan fingerprint density at radius 3 is 2.13 bits per heavy atom. The van der Waals surface area contributed by atoms with Crippen molar-refractivity contribution in [2.45, 2.75) is 33.7 Å². The molecule has 0 aromatic heterocycles. The van der Waals surface area contributed by atoms with E-state index in [9.17, 15) is 0 Å². The van der Waals surface area contributed by atoms with Crippen molar-refractivity contribution in [3.05, 3.63) is 0 Å². The molecule has 0 aromatic rings. The van der Waals surface area contributed by atoms with Gasteiger partial charge in [-0.05, 0) is 31.4 Å². The predicted molar refractivity (Wildman–Crippen MR) is 70.8 cm³/mol. The molecule has 1 atom stereocenters. The SMILES string of the molecule is COCCN(CC(CS)C(C)C)C(C)C. The van der Waals surface area contributed by atoms with Gasteiger partial charge in [-0.15, -0.1) is 0 Å². The van der Waals surface area contributed by atoms with Gasteiger partial charge < -0.3 is 4.74 Å². The van der Waals surface area contributed by atoms with Crippen LogP contribution in [0.4, 0.5) is 0 Å². The zero-order valence-corrected chi connectivity index (χ0v) is 11.8. The summed E-state index contributed by atoms with van der Waals surface area (Å²) < 4.78 is 5.14. The Balaban J connectivity index is 4.12. The summed E-state index contributed by atoms with van der Waals surface area (Å²) in [5, 5.41) is 0. The highest BCUT2D eigenvalue weighted by molar-refractivity contribution is 7.80. The van der Waals surface area contributed by atoms with Gasteiger partial charge in [-0.25, -0.2) is 0 Å². The summed E-state index contributed by atoms with van der Waals surface area (Å²) in [5.41, 5.74) is 0. The molecule has 0 aliphatic heterocycles. The van der Waals surface area contributed by atoms with Crippen LogP contribution in [0.5, 0.6) is 0 Å². The predicted octanol–water partition coefficient (Wildman–Crippen LogP) is 2.55. The standard InChI is InChI=1S/C12H27NOS/c1-10(2)12(9-15)8-13(11(3)4)6-7-14-5/h10-12,15H,6-9H2,1-5H3. The van der Waals surface area contributed by atoms with Crippen LogP contribution in [0.15, 0.2) is 0 Å². The highest BCUT2D eigenvalue weighted by Gasteiger charge is 2.17. The van der Waals surface area contributed by atoms with Gasteiger partial charge >= 0.3 is 0 Å². The molecule has 0 saturated carbocycles. The Kier molecular flexibility index (Phi) is 8.58. The Bertz CT molecular complexity index is 151. The molecule has 0 heterocycles. The van der Waals surface area contributed by atoms with E-state index in [2.05, 4.69) is 45.2 Å². The topological polar surface area (TPSA) is 12.5 Å². The van der Waals surface area contributed by atoms with Crippen LogP contribution in [0.2, 0.25) is 0 Å². The number of thiol groups is 1. The second-order valence-electron chi connectivity index (χ2n) is 4.77. The molecule has 15 heavy (non-hydrogen) atoms. The third-order valence-corrected chi connectivity index (χ3v) is 3.43. The zero-order valence-electron chi connectivity index (χ0n) is 10.9. The molecule has 0 rings (SSSR count). The van der Waals surface area contributed by atoms with Gasteiger partial charge in [0.1, 0.15) is 0 Å². The summed E-state index contributed by atoms with van der Waals surface area (Å²) in [5.74, 6) is 2.34. The van der Waals surface area contributed by atoms with Gasteiger partial charge in [0, 0.05) is 26.2 Å². The van der Waals surface area contributed by atoms with Gasteiger partial charge in [0.15, 0.2) is 0 Å². The maximum absolute atomic E-state index is 5.14. The molecule has 0 bridgehead atoms. The van der Waals surface area contributed by atoms with Crippen LogP contribution in [-0.4, -0.2) is 43.5 Å². The third kappa shape index (κ3) is 6.44. The second-order valence-corrected chi connectivity index (χ2v) is 5.13. The van der Waals surface area contributed by atoms with Crippen LogP contribution < -0.4 is 0 Å². The minimum absolute atomic E-state index is 0.585. The molecule has 1 unspecified atom stereocenters. The van der Waals surface area contributed by atoms with Crippen LogP contribution in [-0.2, 0) is 4.74 Å². The second kappa shape index (κ2) is 8.43. The van der Waals surface area contributed by atoms with E-state index in [4.69, 9.17) is 4.74 Å². The monoisotopic (exact) mass is 233 g/mol. The lowest BCUT2D eigenvalue weighted by molar-refractivity contribution is 0.112. The van der Waals surface area contributed by atoms with Gasteiger partial charge in [-0.1, -0.05) is 13.8 Å². The average Bonchev–Trinajstić information content (AvgIpc) is 2.17. The summed E-state index contributed by atoms with van der Waals surface area (Å²) >= 11 is 4.43. The minimum Gasteiger partial charge on any atom is -0.383 e. The first-order chi connectivity index (χ1) is 7.02. The Hall–Kier alpha value is 0.270. The Morgan fingerprint density at radius 1 is 1.20 bits per heavy atom.